The standard InChI is InChI=1S/C13H22O/c1-9(2)12-6-5-10(3)13(8-12)7-11(4)14/h5,9,12-13H,6-8H2,1-4H3. The van der Waals surface area contributed by atoms with Crippen molar-refractivity contribution in [1.29, 1.82) is 0 Å². The minimum absolute atomic E-state index is 0.326. The Morgan fingerprint density at radius 2 is 2.21 bits per heavy atom. The highest BCUT2D eigenvalue weighted by atomic mass is 16.1. The fourth-order valence-electron chi connectivity index (χ4n) is 2.29. The van der Waals surface area contributed by atoms with E-state index in [1.807, 2.05) is 0 Å². The van der Waals surface area contributed by atoms with Gasteiger partial charge >= 0.3 is 0 Å². The van der Waals surface area contributed by atoms with Crippen molar-refractivity contribution in [3.63, 3.8) is 0 Å². The largest absolute Gasteiger partial charge is 0.300 e. The van der Waals surface area contributed by atoms with Gasteiger partial charge in [-0.15, -0.1) is 0 Å². The smallest absolute Gasteiger partial charge is 0.130 e. The molecule has 2 unspecified atom stereocenters. The fraction of sp³-hybridized carbons (Fsp3) is 0.769. The highest BCUT2D eigenvalue weighted by molar-refractivity contribution is 5.76. The summed E-state index contributed by atoms with van der Waals surface area (Å²) in [4.78, 5) is 11.1. The number of hydrogen-bond donors (Lipinski definition) is 0. The summed E-state index contributed by atoms with van der Waals surface area (Å²) in [6.07, 6.45) is 5.49. The van der Waals surface area contributed by atoms with Crippen LogP contribution in [0.2, 0.25) is 0 Å². The van der Waals surface area contributed by atoms with Crippen LogP contribution in [0, 0.1) is 17.8 Å². The van der Waals surface area contributed by atoms with E-state index in [0.717, 1.165) is 18.3 Å². The van der Waals surface area contributed by atoms with Crippen molar-refractivity contribution in [2.24, 2.45) is 17.8 Å². The molecule has 2 atom stereocenters. The summed E-state index contributed by atoms with van der Waals surface area (Å²) in [5, 5.41) is 0. The summed E-state index contributed by atoms with van der Waals surface area (Å²) in [6.45, 7) is 8.43. The Kier molecular flexibility index (Phi) is 3.91. The molecule has 0 saturated heterocycles. The number of hydrogen-bond acceptors (Lipinski definition) is 1. The zero-order chi connectivity index (χ0) is 10.7. The lowest BCUT2D eigenvalue weighted by molar-refractivity contribution is -0.117. The van der Waals surface area contributed by atoms with Crippen LogP contribution < -0.4 is 0 Å². The van der Waals surface area contributed by atoms with E-state index in [4.69, 9.17) is 0 Å². The average molecular weight is 194 g/mol. The number of rotatable bonds is 3. The lowest BCUT2D eigenvalue weighted by Gasteiger charge is -2.30. The SMILES string of the molecule is CC(=O)CC1CC(C(C)C)CC=C1C. The summed E-state index contributed by atoms with van der Waals surface area (Å²) in [6, 6.07) is 0. The first-order valence-electron chi connectivity index (χ1n) is 5.66. The molecular formula is C13H22O. The Morgan fingerprint density at radius 3 is 2.71 bits per heavy atom. The topological polar surface area (TPSA) is 17.1 Å². The van der Waals surface area contributed by atoms with Gasteiger partial charge in [0.25, 0.3) is 0 Å². The summed E-state index contributed by atoms with van der Waals surface area (Å²) in [7, 11) is 0. The monoisotopic (exact) mass is 194 g/mol. The van der Waals surface area contributed by atoms with E-state index in [1.165, 1.54) is 18.4 Å². The molecule has 0 bridgehead atoms. The maximum atomic E-state index is 11.1. The van der Waals surface area contributed by atoms with Crippen LogP contribution in [0.5, 0.6) is 0 Å². The highest BCUT2D eigenvalue weighted by Gasteiger charge is 2.24. The van der Waals surface area contributed by atoms with E-state index in [0.29, 0.717) is 11.7 Å². The van der Waals surface area contributed by atoms with Crippen LogP contribution >= 0.6 is 0 Å². The molecule has 0 N–H and O–H groups in total. The van der Waals surface area contributed by atoms with E-state index in [-0.39, 0.29) is 0 Å². The van der Waals surface area contributed by atoms with Gasteiger partial charge in [0, 0.05) is 6.42 Å². The zero-order valence-electron chi connectivity index (χ0n) is 9.84. The summed E-state index contributed by atoms with van der Waals surface area (Å²) >= 11 is 0. The molecule has 1 nitrogen and oxygen atoms in total. The molecular weight excluding hydrogens is 172 g/mol. The van der Waals surface area contributed by atoms with Crippen LogP contribution in [-0.4, -0.2) is 5.78 Å². The average Bonchev–Trinajstić information content (AvgIpc) is 2.07. The lowest BCUT2D eigenvalue weighted by Crippen LogP contribution is -2.20. The molecule has 0 aromatic rings. The van der Waals surface area contributed by atoms with Crippen molar-refractivity contribution in [2.45, 2.75) is 47.0 Å². The van der Waals surface area contributed by atoms with Crippen LogP contribution in [0.3, 0.4) is 0 Å². The van der Waals surface area contributed by atoms with Crippen molar-refractivity contribution in [3.8, 4) is 0 Å². The fourth-order valence-corrected chi connectivity index (χ4v) is 2.29. The van der Waals surface area contributed by atoms with Crippen LogP contribution in [0.15, 0.2) is 11.6 Å². The van der Waals surface area contributed by atoms with E-state index >= 15 is 0 Å². The molecule has 1 aliphatic carbocycles. The second kappa shape index (κ2) is 4.77. The van der Waals surface area contributed by atoms with Crippen LogP contribution in [0.4, 0.5) is 0 Å². The van der Waals surface area contributed by atoms with Gasteiger partial charge in [0.15, 0.2) is 0 Å². The Bertz CT molecular complexity index is 238. The Balaban J connectivity index is 2.62. The molecule has 0 saturated carbocycles. The molecule has 0 radical (unpaired) electrons. The Morgan fingerprint density at radius 1 is 1.57 bits per heavy atom. The molecule has 0 aromatic heterocycles. The second-order valence-corrected chi connectivity index (χ2v) is 5.03. The van der Waals surface area contributed by atoms with Gasteiger partial charge < -0.3 is 4.79 Å². The third-order valence-electron chi connectivity index (χ3n) is 3.45. The molecule has 0 fully saturated rings. The number of Topliss-reactive ketones (excluding diaryl/α,β-unsaturated/α-hetero) is 1. The molecule has 1 heteroatoms. The third-order valence-corrected chi connectivity index (χ3v) is 3.45. The highest BCUT2D eigenvalue weighted by Crippen LogP contribution is 2.35. The van der Waals surface area contributed by atoms with Gasteiger partial charge in [0.1, 0.15) is 5.78 Å². The molecule has 80 valence electrons. The minimum Gasteiger partial charge on any atom is -0.300 e. The molecule has 0 heterocycles. The molecule has 1 aliphatic rings. The predicted octanol–water partition coefficient (Wildman–Crippen LogP) is 3.59. The first kappa shape index (κ1) is 11.5. The van der Waals surface area contributed by atoms with Gasteiger partial charge in [-0.25, -0.2) is 0 Å². The summed E-state index contributed by atoms with van der Waals surface area (Å²) in [5.41, 5.74) is 1.43. The Labute approximate surface area is 87.6 Å². The van der Waals surface area contributed by atoms with Crippen molar-refractivity contribution in [1.82, 2.24) is 0 Å². The van der Waals surface area contributed by atoms with E-state index in [2.05, 4.69) is 26.8 Å². The Hall–Kier alpha value is -0.590. The van der Waals surface area contributed by atoms with Gasteiger partial charge in [-0.1, -0.05) is 25.5 Å². The number of ketones is 1. The van der Waals surface area contributed by atoms with Crippen molar-refractivity contribution in [2.75, 3.05) is 0 Å². The first-order chi connectivity index (χ1) is 6.50. The zero-order valence-corrected chi connectivity index (χ0v) is 9.84. The molecule has 0 aliphatic heterocycles. The number of carbonyl (C=O) groups excluding carboxylic acids is 1. The third kappa shape index (κ3) is 2.97. The van der Waals surface area contributed by atoms with Crippen molar-refractivity contribution < 1.29 is 4.79 Å². The van der Waals surface area contributed by atoms with Gasteiger partial charge in [-0.2, -0.15) is 0 Å². The van der Waals surface area contributed by atoms with E-state index in [1.54, 1.807) is 6.92 Å². The first-order valence-corrected chi connectivity index (χ1v) is 5.66. The molecule has 1 rings (SSSR count). The quantitative estimate of drug-likeness (QED) is 0.627. The van der Waals surface area contributed by atoms with Gasteiger partial charge in [0.2, 0.25) is 0 Å². The number of allylic oxidation sites excluding steroid dienone is 2. The number of carbonyl (C=O) groups is 1. The maximum absolute atomic E-state index is 11.1. The van der Waals surface area contributed by atoms with E-state index in [9.17, 15) is 4.79 Å². The predicted molar refractivity (Wildman–Crippen MR) is 60.1 cm³/mol. The summed E-state index contributed by atoms with van der Waals surface area (Å²) < 4.78 is 0. The van der Waals surface area contributed by atoms with Gasteiger partial charge in [-0.05, 0) is 44.4 Å². The van der Waals surface area contributed by atoms with Crippen LogP contribution in [0.1, 0.15) is 47.0 Å². The maximum Gasteiger partial charge on any atom is 0.130 e. The van der Waals surface area contributed by atoms with E-state index < -0.39 is 0 Å². The van der Waals surface area contributed by atoms with Crippen LogP contribution in [0.25, 0.3) is 0 Å². The second-order valence-electron chi connectivity index (χ2n) is 5.03. The van der Waals surface area contributed by atoms with Crippen molar-refractivity contribution in [3.05, 3.63) is 11.6 Å². The van der Waals surface area contributed by atoms with Gasteiger partial charge in [-0.3, -0.25) is 0 Å². The molecule has 0 spiro atoms. The van der Waals surface area contributed by atoms with Crippen molar-refractivity contribution >= 4 is 5.78 Å². The summed E-state index contributed by atoms with van der Waals surface area (Å²) in [5.74, 6) is 2.37. The molecule has 0 aromatic carbocycles. The minimum atomic E-state index is 0.326. The van der Waals surface area contributed by atoms with Gasteiger partial charge in [0.05, 0.1) is 0 Å². The molecule has 14 heavy (non-hydrogen) atoms. The molecule has 0 amide bonds. The van der Waals surface area contributed by atoms with Crippen LogP contribution in [-0.2, 0) is 4.79 Å². The normalized spacial score (nSPS) is 27.6. The lowest BCUT2D eigenvalue weighted by atomic mass is 9.75.